The first-order chi connectivity index (χ1) is 8.65. The molecule has 3 rings (SSSR count). The van der Waals surface area contributed by atoms with Gasteiger partial charge in [-0.25, -0.2) is 4.98 Å². The number of rotatable bonds is 1. The molecule has 0 atom stereocenters. The number of phenolic OH excluding ortho intramolecular Hbond substituents is 2. The summed E-state index contributed by atoms with van der Waals surface area (Å²) >= 11 is 1.50. The van der Waals surface area contributed by atoms with E-state index in [1.807, 2.05) is 25.1 Å². The zero-order valence-corrected chi connectivity index (χ0v) is 10.5. The first-order valence-electron chi connectivity index (χ1n) is 5.53. The molecule has 0 radical (unpaired) electrons. The van der Waals surface area contributed by atoms with Crippen LogP contribution >= 0.6 is 11.3 Å². The van der Waals surface area contributed by atoms with Crippen molar-refractivity contribution in [2.24, 2.45) is 0 Å². The highest BCUT2D eigenvalue weighted by Crippen LogP contribution is 2.39. The van der Waals surface area contributed by atoms with Crippen LogP contribution in [0.2, 0.25) is 0 Å². The van der Waals surface area contributed by atoms with Crippen LogP contribution in [0.15, 0.2) is 36.4 Å². The molecule has 3 nitrogen and oxygen atoms in total. The molecule has 0 unspecified atom stereocenters. The molecule has 0 fully saturated rings. The summed E-state index contributed by atoms with van der Waals surface area (Å²) in [5.41, 5.74) is 2.63. The van der Waals surface area contributed by atoms with E-state index in [0.29, 0.717) is 10.6 Å². The van der Waals surface area contributed by atoms with Crippen molar-refractivity contribution in [1.29, 1.82) is 0 Å². The Morgan fingerprint density at radius 3 is 2.78 bits per heavy atom. The van der Waals surface area contributed by atoms with E-state index < -0.39 is 0 Å². The number of benzene rings is 2. The van der Waals surface area contributed by atoms with Gasteiger partial charge >= 0.3 is 0 Å². The molecule has 1 aromatic heterocycles. The highest BCUT2D eigenvalue weighted by atomic mass is 32.1. The van der Waals surface area contributed by atoms with Crippen molar-refractivity contribution in [2.45, 2.75) is 6.92 Å². The van der Waals surface area contributed by atoms with Gasteiger partial charge in [0, 0.05) is 0 Å². The normalized spacial score (nSPS) is 10.9. The molecule has 1 heterocycles. The van der Waals surface area contributed by atoms with Gasteiger partial charge in [-0.3, -0.25) is 0 Å². The second-order valence-electron chi connectivity index (χ2n) is 4.16. The molecule has 0 amide bonds. The Labute approximate surface area is 108 Å². The van der Waals surface area contributed by atoms with E-state index >= 15 is 0 Å². The second-order valence-corrected chi connectivity index (χ2v) is 5.19. The van der Waals surface area contributed by atoms with Crippen molar-refractivity contribution in [3.05, 3.63) is 42.0 Å². The summed E-state index contributed by atoms with van der Waals surface area (Å²) in [5.74, 6) is -0.240. The Morgan fingerprint density at radius 1 is 1.11 bits per heavy atom. The number of fused-ring (bicyclic) bond motifs is 1. The van der Waals surface area contributed by atoms with Gasteiger partial charge in [0.15, 0.2) is 11.5 Å². The lowest BCUT2D eigenvalue weighted by atomic mass is 10.2. The fourth-order valence-electron chi connectivity index (χ4n) is 1.86. The standard InChI is InChI=1S/C14H11NO2S/c1-8-5-6-12-10(7-8)15-14(18-12)9-3-2-4-11(16)13(9)17/h2-7,16-17H,1H3. The van der Waals surface area contributed by atoms with Crippen LogP contribution in [0.5, 0.6) is 11.5 Å². The Hall–Kier alpha value is -2.07. The van der Waals surface area contributed by atoms with Gasteiger partial charge in [0.1, 0.15) is 5.01 Å². The number of aromatic hydroxyl groups is 2. The Morgan fingerprint density at radius 2 is 1.94 bits per heavy atom. The highest BCUT2D eigenvalue weighted by Gasteiger charge is 2.12. The molecule has 0 aliphatic heterocycles. The van der Waals surface area contributed by atoms with Gasteiger partial charge in [0.25, 0.3) is 0 Å². The molecule has 0 bridgehead atoms. The molecular formula is C14H11NO2S. The van der Waals surface area contributed by atoms with E-state index in [9.17, 15) is 10.2 Å². The van der Waals surface area contributed by atoms with Crippen molar-refractivity contribution in [2.75, 3.05) is 0 Å². The molecule has 0 spiro atoms. The summed E-state index contributed by atoms with van der Waals surface area (Å²) in [6.45, 7) is 2.02. The van der Waals surface area contributed by atoms with Crippen LogP contribution in [0.1, 0.15) is 5.56 Å². The molecule has 18 heavy (non-hydrogen) atoms. The molecule has 0 saturated heterocycles. The van der Waals surface area contributed by atoms with Crippen molar-refractivity contribution >= 4 is 21.6 Å². The minimum atomic E-state index is -0.122. The van der Waals surface area contributed by atoms with Gasteiger partial charge < -0.3 is 10.2 Å². The van der Waals surface area contributed by atoms with Gasteiger partial charge in [-0.2, -0.15) is 0 Å². The van der Waals surface area contributed by atoms with E-state index in [1.54, 1.807) is 12.1 Å². The summed E-state index contributed by atoms with van der Waals surface area (Å²) in [6, 6.07) is 11.0. The average Bonchev–Trinajstić information content (AvgIpc) is 2.75. The van der Waals surface area contributed by atoms with Crippen LogP contribution < -0.4 is 0 Å². The topological polar surface area (TPSA) is 53.4 Å². The first kappa shape index (κ1) is 11.0. The van der Waals surface area contributed by atoms with Crippen molar-refractivity contribution < 1.29 is 10.2 Å². The lowest BCUT2D eigenvalue weighted by molar-refractivity contribution is 0.405. The van der Waals surface area contributed by atoms with E-state index in [1.165, 1.54) is 17.4 Å². The van der Waals surface area contributed by atoms with Crippen LogP contribution in [0, 0.1) is 6.92 Å². The van der Waals surface area contributed by atoms with Crippen LogP contribution in [0.3, 0.4) is 0 Å². The maximum Gasteiger partial charge on any atom is 0.167 e. The van der Waals surface area contributed by atoms with Crippen molar-refractivity contribution in [3.8, 4) is 22.1 Å². The fraction of sp³-hybridized carbons (Fsp3) is 0.0714. The fourth-order valence-corrected chi connectivity index (χ4v) is 2.83. The van der Waals surface area contributed by atoms with Gasteiger partial charge in [-0.1, -0.05) is 12.1 Å². The van der Waals surface area contributed by atoms with E-state index in [4.69, 9.17) is 0 Å². The van der Waals surface area contributed by atoms with E-state index in [-0.39, 0.29) is 11.5 Å². The van der Waals surface area contributed by atoms with Crippen LogP contribution in [0.4, 0.5) is 0 Å². The Kier molecular flexibility index (Phi) is 2.45. The minimum Gasteiger partial charge on any atom is -0.504 e. The lowest BCUT2D eigenvalue weighted by Gasteiger charge is -2.01. The zero-order chi connectivity index (χ0) is 12.7. The summed E-state index contributed by atoms with van der Waals surface area (Å²) in [7, 11) is 0. The summed E-state index contributed by atoms with van der Waals surface area (Å²) < 4.78 is 1.07. The number of para-hydroxylation sites is 1. The van der Waals surface area contributed by atoms with Crippen LogP contribution in [-0.2, 0) is 0 Å². The summed E-state index contributed by atoms with van der Waals surface area (Å²) in [5, 5.41) is 20.1. The highest BCUT2D eigenvalue weighted by molar-refractivity contribution is 7.21. The second kappa shape index (κ2) is 3.99. The summed E-state index contributed by atoms with van der Waals surface area (Å²) in [6.07, 6.45) is 0. The van der Waals surface area contributed by atoms with E-state index in [2.05, 4.69) is 4.98 Å². The molecule has 90 valence electrons. The maximum absolute atomic E-state index is 9.85. The molecule has 2 aromatic carbocycles. The molecule has 3 aromatic rings. The first-order valence-corrected chi connectivity index (χ1v) is 6.35. The molecule has 2 N–H and O–H groups in total. The van der Waals surface area contributed by atoms with Gasteiger partial charge in [-0.05, 0) is 36.8 Å². The van der Waals surface area contributed by atoms with Crippen molar-refractivity contribution in [3.63, 3.8) is 0 Å². The quantitative estimate of drug-likeness (QED) is 0.654. The molecular weight excluding hydrogens is 246 g/mol. The predicted octanol–water partition coefficient (Wildman–Crippen LogP) is 3.68. The molecule has 4 heteroatoms. The number of thiazole rings is 1. The monoisotopic (exact) mass is 257 g/mol. The predicted molar refractivity (Wildman–Crippen MR) is 73.1 cm³/mol. The number of hydrogen-bond donors (Lipinski definition) is 2. The van der Waals surface area contributed by atoms with Crippen molar-refractivity contribution in [1.82, 2.24) is 4.98 Å². The number of phenols is 2. The number of aryl methyl sites for hydroxylation is 1. The smallest absolute Gasteiger partial charge is 0.167 e. The van der Waals surface area contributed by atoms with Gasteiger partial charge in [0.05, 0.1) is 15.8 Å². The summed E-state index contributed by atoms with van der Waals surface area (Å²) in [4.78, 5) is 4.49. The Balaban J connectivity index is 2.22. The largest absolute Gasteiger partial charge is 0.504 e. The number of hydrogen-bond acceptors (Lipinski definition) is 4. The third-order valence-corrected chi connectivity index (χ3v) is 3.86. The van der Waals surface area contributed by atoms with Crippen LogP contribution in [-0.4, -0.2) is 15.2 Å². The number of aromatic nitrogens is 1. The van der Waals surface area contributed by atoms with E-state index in [0.717, 1.165) is 15.8 Å². The maximum atomic E-state index is 9.85. The number of nitrogens with zero attached hydrogens (tertiary/aromatic N) is 1. The SMILES string of the molecule is Cc1ccc2sc(-c3cccc(O)c3O)nc2c1. The van der Waals surface area contributed by atoms with Gasteiger partial charge in [-0.15, -0.1) is 11.3 Å². The molecule has 0 aliphatic rings. The van der Waals surface area contributed by atoms with Crippen LogP contribution in [0.25, 0.3) is 20.8 Å². The zero-order valence-electron chi connectivity index (χ0n) is 9.71. The van der Waals surface area contributed by atoms with Gasteiger partial charge in [0.2, 0.25) is 0 Å². The molecule has 0 saturated carbocycles. The lowest BCUT2D eigenvalue weighted by Crippen LogP contribution is -1.78. The third-order valence-electron chi connectivity index (χ3n) is 2.79. The third kappa shape index (κ3) is 1.71. The average molecular weight is 257 g/mol. The Bertz CT molecular complexity index is 734. The molecule has 0 aliphatic carbocycles. The minimum absolute atomic E-state index is 0.117.